The normalized spacial score (nSPS) is 16.8. The van der Waals surface area contributed by atoms with Gasteiger partial charge in [-0.2, -0.15) is 13.2 Å². The van der Waals surface area contributed by atoms with Gasteiger partial charge in [-0.15, -0.1) is 0 Å². The van der Waals surface area contributed by atoms with E-state index in [0.29, 0.717) is 18.8 Å². The summed E-state index contributed by atoms with van der Waals surface area (Å²) < 4.78 is 36.2. The van der Waals surface area contributed by atoms with Crippen LogP contribution < -0.4 is 5.32 Å². The lowest BCUT2D eigenvalue weighted by molar-refractivity contribution is -0.173. The number of alkyl halides is 3. The Morgan fingerprint density at radius 1 is 1.13 bits per heavy atom. The minimum absolute atomic E-state index is 0.0476. The largest absolute Gasteiger partial charge is 0.471 e. The highest BCUT2D eigenvalue weighted by atomic mass is 19.4. The van der Waals surface area contributed by atoms with Crippen LogP contribution in [0.4, 0.5) is 13.2 Å². The first-order chi connectivity index (χ1) is 11.0. The zero-order chi connectivity index (χ0) is 16.7. The maximum absolute atomic E-state index is 12.1. The van der Waals surface area contributed by atoms with Gasteiger partial charge in [0.15, 0.2) is 0 Å². The van der Waals surface area contributed by atoms with Crippen molar-refractivity contribution in [1.82, 2.24) is 5.32 Å². The number of rotatable bonds is 5. The van der Waals surface area contributed by atoms with Crippen molar-refractivity contribution in [2.24, 2.45) is 0 Å². The molecule has 128 valence electrons. The van der Waals surface area contributed by atoms with Crippen LogP contribution in [0.2, 0.25) is 0 Å². The number of halogens is 3. The van der Waals surface area contributed by atoms with E-state index in [1.807, 2.05) is 17.4 Å². The minimum Gasteiger partial charge on any atom is -0.348 e. The Bertz CT molecular complexity index is 505. The summed E-state index contributed by atoms with van der Waals surface area (Å²) >= 11 is 0. The second kappa shape index (κ2) is 8.37. The summed E-state index contributed by atoms with van der Waals surface area (Å²) in [6.07, 6.45) is 4.03. The summed E-state index contributed by atoms with van der Waals surface area (Å²) in [7, 11) is 0. The van der Waals surface area contributed by atoms with Gasteiger partial charge in [-0.05, 0) is 42.7 Å². The van der Waals surface area contributed by atoms with E-state index >= 15 is 0 Å². The zero-order valence-electron chi connectivity index (χ0n) is 13.3. The van der Waals surface area contributed by atoms with Crippen molar-refractivity contribution in [2.75, 3.05) is 6.54 Å². The van der Waals surface area contributed by atoms with Crippen molar-refractivity contribution in [3.63, 3.8) is 0 Å². The number of nitrogens with one attached hydrogen (secondary N) is 1. The molecule has 0 heterocycles. The number of carbonyl (C=O) groups is 1. The van der Waals surface area contributed by atoms with E-state index < -0.39 is 12.1 Å². The molecule has 0 radical (unpaired) electrons. The third kappa shape index (κ3) is 5.88. The van der Waals surface area contributed by atoms with Gasteiger partial charge < -0.3 is 5.32 Å². The van der Waals surface area contributed by atoms with Gasteiger partial charge in [0.25, 0.3) is 0 Å². The number of amides is 1. The highest BCUT2D eigenvalue weighted by Crippen LogP contribution is 2.32. The molecule has 2 rings (SSSR count). The molecule has 0 atom stereocenters. The SMILES string of the molecule is O=C(NCCCc1cccc(C2CCCCCC2)c1)C(F)(F)F. The van der Waals surface area contributed by atoms with Gasteiger partial charge >= 0.3 is 12.1 Å². The maximum atomic E-state index is 12.1. The molecule has 1 aliphatic rings. The van der Waals surface area contributed by atoms with Crippen LogP contribution in [0.25, 0.3) is 0 Å². The Labute approximate surface area is 135 Å². The second-order valence-corrected chi connectivity index (χ2v) is 6.29. The smallest absolute Gasteiger partial charge is 0.348 e. The predicted octanol–water partition coefficient (Wildman–Crippen LogP) is 4.74. The van der Waals surface area contributed by atoms with Crippen molar-refractivity contribution >= 4 is 5.91 Å². The van der Waals surface area contributed by atoms with E-state index in [1.165, 1.54) is 44.1 Å². The first-order valence-corrected chi connectivity index (χ1v) is 8.40. The van der Waals surface area contributed by atoms with Crippen molar-refractivity contribution in [3.05, 3.63) is 35.4 Å². The van der Waals surface area contributed by atoms with Gasteiger partial charge in [-0.1, -0.05) is 49.9 Å². The third-order valence-corrected chi connectivity index (χ3v) is 4.46. The van der Waals surface area contributed by atoms with Crippen LogP contribution in [0.15, 0.2) is 24.3 Å². The van der Waals surface area contributed by atoms with E-state index in [-0.39, 0.29) is 6.54 Å². The van der Waals surface area contributed by atoms with Crippen LogP contribution in [0.5, 0.6) is 0 Å². The Balaban J connectivity index is 1.82. The van der Waals surface area contributed by atoms with Crippen molar-refractivity contribution in [3.8, 4) is 0 Å². The molecule has 1 N–H and O–H groups in total. The average Bonchev–Trinajstić information content (AvgIpc) is 2.80. The molecule has 2 nitrogen and oxygen atoms in total. The minimum atomic E-state index is -4.79. The van der Waals surface area contributed by atoms with Gasteiger partial charge in [-0.25, -0.2) is 0 Å². The summed E-state index contributed by atoms with van der Waals surface area (Å²) in [4.78, 5) is 10.7. The molecular formula is C18H24F3NO. The topological polar surface area (TPSA) is 29.1 Å². The van der Waals surface area contributed by atoms with E-state index in [1.54, 1.807) is 0 Å². The van der Waals surface area contributed by atoms with Crippen molar-refractivity contribution in [1.29, 1.82) is 0 Å². The zero-order valence-corrected chi connectivity index (χ0v) is 13.3. The molecule has 1 saturated carbocycles. The molecule has 1 fully saturated rings. The molecule has 0 aromatic heterocycles. The standard InChI is InChI=1S/C18H24F3NO/c19-18(20,21)17(23)22-12-6-8-14-7-5-11-16(13-14)15-9-3-1-2-4-10-15/h5,7,11,13,15H,1-4,6,8-10,12H2,(H,22,23). The lowest BCUT2D eigenvalue weighted by Crippen LogP contribution is -2.37. The molecule has 1 amide bonds. The fourth-order valence-corrected chi connectivity index (χ4v) is 3.21. The summed E-state index contributed by atoms with van der Waals surface area (Å²) in [6.45, 7) is 0.0476. The van der Waals surface area contributed by atoms with Crippen LogP contribution in [-0.2, 0) is 11.2 Å². The summed E-state index contributed by atoms with van der Waals surface area (Å²) in [6, 6.07) is 8.38. The number of carbonyl (C=O) groups excluding carboxylic acids is 1. The number of benzene rings is 1. The van der Waals surface area contributed by atoms with Crippen molar-refractivity contribution in [2.45, 2.75) is 63.5 Å². The Morgan fingerprint density at radius 3 is 2.48 bits per heavy atom. The summed E-state index contributed by atoms with van der Waals surface area (Å²) in [5.74, 6) is -1.24. The first-order valence-electron chi connectivity index (χ1n) is 8.40. The fourth-order valence-electron chi connectivity index (χ4n) is 3.21. The molecule has 0 unspecified atom stereocenters. The molecule has 1 aromatic rings. The van der Waals surface area contributed by atoms with Crippen LogP contribution in [0.1, 0.15) is 62.0 Å². The molecule has 0 aliphatic heterocycles. The van der Waals surface area contributed by atoms with Gasteiger partial charge in [0.05, 0.1) is 0 Å². The molecule has 0 spiro atoms. The number of hydrogen-bond donors (Lipinski definition) is 1. The molecule has 0 saturated heterocycles. The highest BCUT2D eigenvalue weighted by molar-refractivity contribution is 5.81. The van der Waals surface area contributed by atoms with E-state index in [0.717, 1.165) is 5.56 Å². The van der Waals surface area contributed by atoms with Gasteiger partial charge in [-0.3, -0.25) is 4.79 Å². The Morgan fingerprint density at radius 2 is 1.83 bits per heavy atom. The summed E-state index contributed by atoms with van der Waals surface area (Å²) in [5.41, 5.74) is 2.48. The Hall–Kier alpha value is -1.52. The van der Waals surface area contributed by atoms with Crippen LogP contribution in [0.3, 0.4) is 0 Å². The maximum Gasteiger partial charge on any atom is 0.471 e. The molecule has 1 aromatic carbocycles. The number of aryl methyl sites for hydroxylation is 1. The molecule has 0 bridgehead atoms. The fraction of sp³-hybridized carbons (Fsp3) is 0.611. The first kappa shape index (κ1) is 17.8. The Kier molecular flexibility index (Phi) is 6.48. The summed E-state index contributed by atoms with van der Waals surface area (Å²) in [5, 5.41) is 1.92. The van der Waals surface area contributed by atoms with Gasteiger partial charge in [0.2, 0.25) is 0 Å². The van der Waals surface area contributed by atoms with E-state index in [2.05, 4.69) is 12.1 Å². The van der Waals surface area contributed by atoms with E-state index in [9.17, 15) is 18.0 Å². The lowest BCUT2D eigenvalue weighted by Gasteiger charge is -2.15. The third-order valence-electron chi connectivity index (χ3n) is 4.46. The monoisotopic (exact) mass is 327 g/mol. The van der Waals surface area contributed by atoms with Crippen molar-refractivity contribution < 1.29 is 18.0 Å². The number of hydrogen-bond acceptors (Lipinski definition) is 1. The van der Waals surface area contributed by atoms with E-state index in [4.69, 9.17) is 0 Å². The van der Waals surface area contributed by atoms with Crippen LogP contribution in [-0.4, -0.2) is 18.6 Å². The highest BCUT2D eigenvalue weighted by Gasteiger charge is 2.38. The lowest BCUT2D eigenvalue weighted by atomic mass is 9.90. The molecular weight excluding hydrogens is 303 g/mol. The average molecular weight is 327 g/mol. The second-order valence-electron chi connectivity index (χ2n) is 6.29. The predicted molar refractivity (Wildman–Crippen MR) is 84.3 cm³/mol. The quantitative estimate of drug-likeness (QED) is 0.614. The van der Waals surface area contributed by atoms with Crippen LogP contribution >= 0.6 is 0 Å². The van der Waals surface area contributed by atoms with Gasteiger partial charge in [0, 0.05) is 6.54 Å². The molecule has 5 heteroatoms. The molecule has 23 heavy (non-hydrogen) atoms. The molecule has 1 aliphatic carbocycles. The van der Waals surface area contributed by atoms with Gasteiger partial charge in [0.1, 0.15) is 0 Å². The van der Waals surface area contributed by atoms with Crippen LogP contribution in [0, 0.1) is 0 Å².